The maximum atomic E-state index is 12.1. The molecule has 0 saturated carbocycles. The Morgan fingerprint density at radius 1 is 1.22 bits per heavy atom. The summed E-state index contributed by atoms with van der Waals surface area (Å²) in [5, 5.41) is 3.34. The largest absolute Gasteiger partial charge is 0.495 e. The number of hydrogen-bond donors (Lipinski definition) is 1. The molecule has 0 spiro atoms. The number of methoxy groups -OCH3 is 1. The van der Waals surface area contributed by atoms with Crippen LogP contribution in [-0.4, -0.2) is 33.2 Å². The van der Waals surface area contributed by atoms with Gasteiger partial charge in [-0.3, -0.25) is 4.79 Å². The minimum atomic E-state index is -0.128. The van der Waals surface area contributed by atoms with Crippen molar-refractivity contribution in [2.24, 2.45) is 0 Å². The second-order valence-corrected chi connectivity index (χ2v) is 5.62. The average Bonchev–Trinajstić information content (AvgIpc) is 2.59. The molecule has 0 aromatic heterocycles. The Bertz CT molecular complexity index is 647. The predicted octanol–water partition coefficient (Wildman–Crippen LogP) is 3.60. The number of carbonyl (C=O) groups excluding carboxylic acids is 1. The zero-order valence-corrected chi connectivity index (χ0v) is 14.1. The molecule has 1 N–H and O–H groups in total. The zero-order chi connectivity index (χ0) is 16.7. The summed E-state index contributed by atoms with van der Waals surface area (Å²) in [6.07, 6.45) is 0.862. The summed E-state index contributed by atoms with van der Waals surface area (Å²) in [6.45, 7) is 1.48. The first-order chi connectivity index (χ1) is 11.1. The summed E-state index contributed by atoms with van der Waals surface area (Å²) in [4.78, 5) is 14.3. The lowest BCUT2D eigenvalue weighted by atomic mass is 10.2. The maximum Gasteiger partial charge on any atom is 0.251 e. The minimum absolute atomic E-state index is 0.128. The molecule has 5 heteroatoms. The molecule has 0 unspecified atom stereocenters. The van der Waals surface area contributed by atoms with Crippen LogP contribution in [0.4, 0.5) is 5.69 Å². The van der Waals surface area contributed by atoms with Gasteiger partial charge in [-0.15, -0.1) is 0 Å². The number of nitrogens with zero attached hydrogens (tertiary/aromatic N) is 1. The van der Waals surface area contributed by atoms with E-state index in [4.69, 9.17) is 16.3 Å². The molecule has 0 aliphatic heterocycles. The van der Waals surface area contributed by atoms with Crippen LogP contribution in [-0.2, 0) is 0 Å². The number of nitrogens with one attached hydrogen (secondary N) is 1. The summed E-state index contributed by atoms with van der Waals surface area (Å²) in [7, 11) is 3.59. The number of carbonyl (C=O) groups is 1. The number of amides is 1. The summed E-state index contributed by atoms with van der Waals surface area (Å²) in [6, 6.07) is 15.2. The van der Waals surface area contributed by atoms with Gasteiger partial charge in [-0.05, 0) is 36.8 Å². The Morgan fingerprint density at radius 2 is 1.96 bits per heavy atom. The molecule has 0 aliphatic rings. The van der Waals surface area contributed by atoms with Crippen molar-refractivity contribution >= 4 is 23.2 Å². The van der Waals surface area contributed by atoms with Crippen LogP contribution in [0.15, 0.2) is 48.5 Å². The first-order valence-corrected chi connectivity index (χ1v) is 7.87. The highest BCUT2D eigenvalue weighted by Crippen LogP contribution is 2.24. The smallest absolute Gasteiger partial charge is 0.251 e. The normalized spacial score (nSPS) is 10.2. The third-order valence-electron chi connectivity index (χ3n) is 3.57. The SMILES string of the molecule is COc1ccc(C(=O)NCCCN(C)c2ccccc2)cc1Cl. The van der Waals surface area contributed by atoms with E-state index in [1.165, 1.54) is 5.69 Å². The van der Waals surface area contributed by atoms with Crippen LogP contribution in [0.5, 0.6) is 5.75 Å². The van der Waals surface area contributed by atoms with Gasteiger partial charge in [0.1, 0.15) is 5.75 Å². The lowest BCUT2D eigenvalue weighted by molar-refractivity contribution is 0.0953. The van der Waals surface area contributed by atoms with Gasteiger partial charge < -0.3 is 15.0 Å². The number of rotatable bonds is 7. The lowest BCUT2D eigenvalue weighted by Crippen LogP contribution is -2.28. The molecule has 0 bridgehead atoms. The van der Waals surface area contributed by atoms with E-state index in [1.807, 2.05) is 25.2 Å². The van der Waals surface area contributed by atoms with E-state index in [1.54, 1.807) is 25.3 Å². The summed E-state index contributed by atoms with van der Waals surface area (Å²) in [5.74, 6) is 0.435. The molecule has 0 heterocycles. The van der Waals surface area contributed by atoms with E-state index < -0.39 is 0 Å². The minimum Gasteiger partial charge on any atom is -0.495 e. The summed E-state index contributed by atoms with van der Waals surface area (Å²) < 4.78 is 5.08. The standard InChI is InChI=1S/C18H21ClN2O2/c1-21(15-7-4-3-5-8-15)12-6-11-20-18(22)14-9-10-17(23-2)16(19)13-14/h3-5,7-10,13H,6,11-12H2,1-2H3,(H,20,22). The molecule has 4 nitrogen and oxygen atoms in total. The van der Waals surface area contributed by atoms with Gasteiger partial charge in [-0.25, -0.2) is 0 Å². The lowest BCUT2D eigenvalue weighted by Gasteiger charge is -2.19. The molecule has 0 radical (unpaired) electrons. The highest BCUT2D eigenvalue weighted by Gasteiger charge is 2.08. The Kier molecular flexibility index (Phi) is 6.29. The van der Waals surface area contributed by atoms with Gasteiger partial charge in [0.25, 0.3) is 5.91 Å². The molecule has 122 valence electrons. The fourth-order valence-electron chi connectivity index (χ4n) is 2.24. The van der Waals surface area contributed by atoms with Crippen molar-refractivity contribution in [1.29, 1.82) is 0 Å². The molecular formula is C18H21ClN2O2. The third kappa shape index (κ3) is 4.89. The Balaban J connectivity index is 1.78. The van der Waals surface area contributed by atoms with Crippen molar-refractivity contribution in [3.63, 3.8) is 0 Å². The molecular weight excluding hydrogens is 312 g/mol. The molecule has 1 amide bonds. The quantitative estimate of drug-likeness (QED) is 0.788. The number of anilines is 1. The molecule has 23 heavy (non-hydrogen) atoms. The third-order valence-corrected chi connectivity index (χ3v) is 3.86. The first-order valence-electron chi connectivity index (χ1n) is 7.49. The molecule has 0 aliphatic carbocycles. The monoisotopic (exact) mass is 332 g/mol. The maximum absolute atomic E-state index is 12.1. The van der Waals surface area contributed by atoms with Crippen LogP contribution in [0, 0.1) is 0 Å². The average molecular weight is 333 g/mol. The second-order valence-electron chi connectivity index (χ2n) is 5.22. The van der Waals surface area contributed by atoms with Crippen molar-refractivity contribution in [3.05, 3.63) is 59.1 Å². The fraction of sp³-hybridized carbons (Fsp3) is 0.278. The predicted molar refractivity (Wildman–Crippen MR) is 94.7 cm³/mol. The highest BCUT2D eigenvalue weighted by atomic mass is 35.5. The Morgan fingerprint density at radius 3 is 2.61 bits per heavy atom. The van der Waals surface area contributed by atoms with Crippen molar-refractivity contribution in [3.8, 4) is 5.75 Å². The van der Waals surface area contributed by atoms with Crippen LogP contribution in [0.3, 0.4) is 0 Å². The van der Waals surface area contributed by atoms with E-state index in [9.17, 15) is 4.79 Å². The summed E-state index contributed by atoms with van der Waals surface area (Å²) >= 11 is 6.03. The molecule has 2 aromatic rings. The molecule has 2 aromatic carbocycles. The number of halogens is 1. The second kappa shape index (κ2) is 8.44. The van der Waals surface area contributed by atoms with Crippen LogP contribution >= 0.6 is 11.6 Å². The summed E-state index contributed by atoms with van der Waals surface area (Å²) in [5.41, 5.74) is 1.70. The van der Waals surface area contributed by atoms with Gasteiger partial charge in [0.05, 0.1) is 12.1 Å². The van der Waals surface area contributed by atoms with Gasteiger partial charge >= 0.3 is 0 Å². The van der Waals surface area contributed by atoms with E-state index >= 15 is 0 Å². The van der Waals surface area contributed by atoms with Gasteiger partial charge in [0.15, 0.2) is 0 Å². The van der Waals surface area contributed by atoms with Gasteiger partial charge in [-0.2, -0.15) is 0 Å². The Hall–Kier alpha value is -2.20. The van der Waals surface area contributed by atoms with Crippen molar-refractivity contribution in [2.75, 3.05) is 32.1 Å². The van der Waals surface area contributed by atoms with Crippen molar-refractivity contribution in [2.45, 2.75) is 6.42 Å². The van der Waals surface area contributed by atoms with E-state index in [0.717, 1.165) is 13.0 Å². The number of benzene rings is 2. The molecule has 0 saturated heterocycles. The fourth-order valence-corrected chi connectivity index (χ4v) is 2.50. The number of hydrogen-bond acceptors (Lipinski definition) is 3. The van der Waals surface area contributed by atoms with E-state index in [2.05, 4.69) is 22.3 Å². The zero-order valence-electron chi connectivity index (χ0n) is 13.4. The van der Waals surface area contributed by atoms with Crippen molar-refractivity contribution < 1.29 is 9.53 Å². The molecule has 0 atom stereocenters. The van der Waals surface area contributed by atoms with Crippen LogP contribution < -0.4 is 15.0 Å². The van der Waals surface area contributed by atoms with Crippen LogP contribution in [0.1, 0.15) is 16.8 Å². The van der Waals surface area contributed by atoms with Crippen molar-refractivity contribution in [1.82, 2.24) is 5.32 Å². The highest BCUT2D eigenvalue weighted by molar-refractivity contribution is 6.32. The molecule has 2 rings (SSSR count). The topological polar surface area (TPSA) is 41.6 Å². The van der Waals surface area contributed by atoms with Crippen LogP contribution in [0.25, 0.3) is 0 Å². The number of ether oxygens (including phenoxy) is 1. The van der Waals surface area contributed by atoms with Crippen LogP contribution in [0.2, 0.25) is 5.02 Å². The van der Waals surface area contributed by atoms with Gasteiger partial charge in [0, 0.05) is 31.4 Å². The van der Waals surface area contributed by atoms with Gasteiger partial charge in [-0.1, -0.05) is 29.8 Å². The van der Waals surface area contributed by atoms with E-state index in [0.29, 0.717) is 22.9 Å². The first kappa shape index (κ1) is 17.2. The number of para-hydroxylation sites is 1. The Labute approximate surface area is 142 Å². The van der Waals surface area contributed by atoms with E-state index in [-0.39, 0.29) is 5.91 Å². The van der Waals surface area contributed by atoms with Gasteiger partial charge in [0.2, 0.25) is 0 Å². The molecule has 0 fully saturated rings.